The van der Waals surface area contributed by atoms with E-state index in [0.717, 1.165) is 13.1 Å². The summed E-state index contributed by atoms with van der Waals surface area (Å²) in [5.41, 5.74) is 6.92. The Kier molecular flexibility index (Phi) is 5.32. The Bertz CT molecular complexity index is 264. The van der Waals surface area contributed by atoms with Crippen LogP contribution in [0.5, 0.6) is 0 Å². The van der Waals surface area contributed by atoms with E-state index in [2.05, 4.69) is 4.90 Å². The number of carbonyl (C=O) groups excluding carboxylic acids is 1. The van der Waals surface area contributed by atoms with Gasteiger partial charge in [0.15, 0.2) is 0 Å². The summed E-state index contributed by atoms with van der Waals surface area (Å²) < 4.78 is 5.00. The molecule has 1 rings (SSSR count). The maximum Gasteiger partial charge on any atom is 0.337 e. The fourth-order valence-corrected chi connectivity index (χ4v) is 1.91. The predicted molar refractivity (Wildman–Crippen MR) is 63.8 cm³/mol. The van der Waals surface area contributed by atoms with Crippen LogP contribution in [0.3, 0.4) is 0 Å². The Morgan fingerprint density at radius 1 is 1.31 bits per heavy atom. The average molecular weight is 226 g/mol. The predicted octanol–water partition coefficient (Wildman–Crippen LogP) is 1.27. The Hall–Kier alpha value is -1.03. The van der Waals surface area contributed by atoms with Gasteiger partial charge in [0.25, 0.3) is 0 Å². The van der Waals surface area contributed by atoms with Crippen LogP contribution in [0.1, 0.15) is 33.1 Å². The summed E-state index contributed by atoms with van der Waals surface area (Å²) in [7, 11) is 0. The van der Waals surface area contributed by atoms with E-state index >= 15 is 0 Å². The van der Waals surface area contributed by atoms with Crippen molar-refractivity contribution in [2.45, 2.75) is 33.1 Å². The summed E-state index contributed by atoms with van der Waals surface area (Å²) >= 11 is 0. The van der Waals surface area contributed by atoms with E-state index in [1.54, 1.807) is 6.92 Å². The van der Waals surface area contributed by atoms with E-state index in [0.29, 0.717) is 24.4 Å². The quantitative estimate of drug-likeness (QED) is 0.579. The van der Waals surface area contributed by atoms with Crippen LogP contribution in [0.25, 0.3) is 0 Å². The maximum atomic E-state index is 11.7. The number of hydrogen-bond acceptors (Lipinski definition) is 4. The SMILES string of the molecule is CCOC(=O)C(CN1CCCCC1)=C(C)N. The first-order valence-corrected chi connectivity index (χ1v) is 5.99. The molecule has 0 spiro atoms. The monoisotopic (exact) mass is 226 g/mol. The topological polar surface area (TPSA) is 55.6 Å². The number of esters is 1. The maximum absolute atomic E-state index is 11.7. The van der Waals surface area contributed by atoms with Crippen LogP contribution in [0, 0.1) is 0 Å². The lowest BCUT2D eigenvalue weighted by molar-refractivity contribution is -0.138. The molecule has 1 aliphatic heterocycles. The van der Waals surface area contributed by atoms with Crippen molar-refractivity contribution in [3.8, 4) is 0 Å². The van der Waals surface area contributed by atoms with Gasteiger partial charge in [-0.05, 0) is 39.8 Å². The molecule has 16 heavy (non-hydrogen) atoms. The lowest BCUT2D eigenvalue weighted by Crippen LogP contribution is -2.34. The van der Waals surface area contributed by atoms with Crippen molar-refractivity contribution >= 4 is 5.97 Å². The first-order valence-electron chi connectivity index (χ1n) is 5.99. The van der Waals surface area contributed by atoms with Crippen molar-refractivity contribution in [3.63, 3.8) is 0 Å². The van der Waals surface area contributed by atoms with Crippen LogP contribution in [0.4, 0.5) is 0 Å². The van der Waals surface area contributed by atoms with Gasteiger partial charge in [-0.3, -0.25) is 4.90 Å². The third-order valence-corrected chi connectivity index (χ3v) is 2.83. The van der Waals surface area contributed by atoms with Crippen LogP contribution in [-0.2, 0) is 9.53 Å². The number of hydrogen-bond donors (Lipinski definition) is 1. The largest absolute Gasteiger partial charge is 0.463 e. The number of ether oxygens (including phenoxy) is 1. The normalized spacial score (nSPS) is 19.1. The minimum Gasteiger partial charge on any atom is -0.463 e. The molecule has 1 saturated heterocycles. The number of allylic oxidation sites excluding steroid dienone is 1. The molecule has 0 saturated carbocycles. The van der Waals surface area contributed by atoms with Crippen LogP contribution in [0.2, 0.25) is 0 Å². The summed E-state index contributed by atoms with van der Waals surface area (Å²) in [6, 6.07) is 0. The van der Waals surface area contributed by atoms with E-state index in [1.807, 2.05) is 6.92 Å². The zero-order valence-electron chi connectivity index (χ0n) is 10.3. The number of rotatable bonds is 4. The summed E-state index contributed by atoms with van der Waals surface area (Å²) in [6.07, 6.45) is 3.70. The molecule has 0 radical (unpaired) electrons. The summed E-state index contributed by atoms with van der Waals surface area (Å²) in [5, 5.41) is 0. The van der Waals surface area contributed by atoms with Gasteiger partial charge in [0.1, 0.15) is 0 Å². The molecule has 0 amide bonds. The Morgan fingerprint density at radius 3 is 2.44 bits per heavy atom. The van der Waals surface area contributed by atoms with E-state index in [9.17, 15) is 4.79 Å². The fourth-order valence-electron chi connectivity index (χ4n) is 1.91. The molecular weight excluding hydrogens is 204 g/mol. The Labute approximate surface area is 97.4 Å². The second kappa shape index (κ2) is 6.53. The van der Waals surface area contributed by atoms with Gasteiger partial charge in [-0.25, -0.2) is 4.79 Å². The van der Waals surface area contributed by atoms with E-state index in [4.69, 9.17) is 10.5 Å². The van der Waals surface area contributed by atoms with Crippen LogP contribution in [0.15, 0.2) is 11.3 Å². The van der Waals surface area contributed by atoms with E-state index in [-0.39, 0.29) is 5.97 Å². The Balaban J connectivity index is 2.58. The number of nitrogens with zero attached hydrogens (tertiary/aromatic N) is 1. The highest BCUT2D eigenvalue weighted by Gasteiger charge is 2.18. The van der Waals surface area contributed by atoms with E-state index in [1.165, 1.54) is 19.3 Å². The van der Waals surface area contributed by atoms with Gasteiger partial charge in [-0.15, -0.1) is 0 Å². The average Bonchev–Trinajstić information content (AvgIpc) is 2.27. The molecule has 0 aromatic carbocycles. The van der Waals surface area contributed by atoms with Crippen LogP contribution >= 0.6 is 0 Å². The molecule has 1 heterocycles. The number of likely N-dealkylation sites (tertiary alicyclic amines) is 1. The molecule has 0 aromatic rings. The molecule has 4 heteroatoms. The molecule has 2 N–H and O–H groups in total. The third-order valence-electron chi connectivity index (χ3n) is 2.83. The Morgan fingerprint density at radius 2 is 1.94 bits per heavy atom. The fraction of sp³-hybridized carbons (Fsp3) is 0.750. The van der Waals surface area contributed by atoms with Gasteiger partial charge in [0, 0.05) is 12.2 Å². The third kappa shape index (κ3) is 3.85. The molecule has 1 aliphatic rings. The molecule has 1 fully saturated rings. The van der Waals surface area contributed by atoms with Crippen molar-refractivity contribution in [1.82, 2.24) is 4.90 Å². The number of piperidine rings is 1. The minimum atomic E-state index is -0.270. The van der Waals surface area contributed by atoms with Gasteiger partial charge in [-0.1, -0.05) is 6.42 Å². The first-order chi connectivity index (χ1) is 7.65. The van der Waals surface area contributed by atoms with Gasteiger partial charge >= 0.3 is 5.97 Å². The lowest BCUT2D eigenvalue weighted by atomic mass is 10.1. The summed E-state index contributed by atoms with van der Waals surface area (Å²) in [5.74, 6) is -0.270. The smallest absolute Gasteiger partial charge is 0.337 e. The van der Waals surface area contributed by atoms with Crippen molar-refractivity contribution in [2.75, 3.05) is 26.2 Å². The first kappa shape index (κ1) is 13.0. The second-order valence-corrected chi connectivity index (χ2v) is 4.22. The molecule has 0 bridgehead atoms. The van der Waals surface area contributed by atoms with Gasteiger partial charge in [0.05, 0.1) is 12.2 Å². The van der Waals surface area contributed by atoms with Crippen molar-refractivity contribution in [2.24, 2.45) is 5.73 Å². The van der Waals surface area contributed by atoms with E-state index < -0.39 is 0 Å². The summed E-state index contributed by atoms with van der Waals surface area (Å²) in [4.78, 5) is 13.9. The van der Waals surface area contributed by atoms with Crippen molar-refractivity contribution in [1.29, 1.82) is 0 Å². The molecule has 0 aliphatic carbocycles. The number of nitrogens with two attached hydrogens (primary N) is 1. The standard InChI is InChI=1S/C12H22N2O2/c1-3-16-12(15)11(10(2)13)9-14-7-5-4-6-8-14/h3-9,13H2,1-2H3. The van der Waals surface area contributed by atoms with Crippen molar-refractivity contribution in [3.05, 3.63) is 11.3 Å². The highest BCUT2D eigenvalue weighted by atomic mass is 16.5. The molecule has 0 atom stereocenters. The van der Waals surface area contributed by atoms with Crippen LogP contribution < -0.4 is 5.73 Å². The molecule has 92 valence electrons. The highest BCUT2D eigenvalue weighted by molar-refractivity contribution is 5.89. The van der Waals surface area contributed by atoms with Crippen molar-refractivity contribution < 1.29 is 9.53 Å². The van der Waals surface area contributed by atoms with Gasteiger partial charge in [0.2, 0.25) is 0 Å². The highest BCUT2D eigenvalue weighted by Crippen LogP contribution is 2.12. The molecule has 0 unspecified atom stereocenters. The molecular formula is C12H22N2O2. The minimum absolute atomic E-state index is 0.270. The number of carbonyl (C=O) groups is 1. The van der Waals surface area contributed by atoms with Gasteiger partial charge in [-0.2, -0.15) is 0 Å². The zero-order valence-corrected chi connectivity index (χ0v) is 10.3. The molecule has 4 nitrogen and oxygen atoms in total. The zero-order chi connectivity index (χ0) is 12.0. The summed E-state index contributed by atoms with van der Waals surface area (Å²) in [6.45, 7) is 6.70. The lowest BCUT2D eigenvalue weighted by Gasteiger charge is -2.27. The van der Waals surface area contributed by atoms with Gasteiger partial charge < -0.3 is 10.5 Å². The molecule has 0 aromatic heterocycles. The van der Waals surface area contributed by atoms with Crippen LogP contribution in [-0.4, -0.2) is 37.1 Å². The second-order valence-electron chi connectivity index (χ2n) is 4.22.